The quantitative estimate of drug-likeness (QED) is 0.727. The first-order valence-corrected chi connectivity index (χ1v) is 9.68. The number of pyridine rings is 1. The van der Waals surface area contributed by atoms with E-state index in [2.05, 4.69) is 15.0 Å². The van der Waals surface area contributed by atoms with Crippen molar-refractivity contribution in [3.63, 3.8) is 0 Å². The van der Waals surface area contributed by atoms with Crippen LogP contribution in [-0.2, 0) is 14.3 Å². The molecule has 0 aliphatic carbocycles. The number of piperidine rings is 1. The average Bonchev–Trinajstić information content (AvgIpc) is 2.75. The number of hydrogen-bond donors (Lipinski definition) is 1. The van der Waals surface area contributed by atoms with Crippen LogP contribution in [0.1, 0.15) is 24.8 Å². The number of nitrogens with zero attached hydrogens (tertiary/aromatic N) is 3. The zero-order valence-electron chi connectivity index (χ0n) is 16.8. The molecule has 164 valence electrons. The van der Waals surface area contributed by atoms with Gasteiger partial charge in [0, 0.05) is 42.8 Å². The van der Waals surface area contributed by atoms with Crippen LogP contribution in [0.4, 0.5) is 18.9 Å². The van der Waals surface area contributed by atoms with Gasteiger partial charge in [-0.25, -0.2) is 0 Å². The van der Waals surface area contributed by atoms with Crippen LogP contribution in [0.5, 0.6) is 0 Å². The van der Waals surface area contributed by atoms with Gasteiger partial charge < -0.3 is 15.0 Å². The number of anilines is 1. The summed E-state index contributed by atoms with van der Waals surface area (Å²) in [6, 6.07) is 7.79. The number of benzene rings is 1. The number of hydrogen-bond acceptors (Lipinski definition) is 6. The lowest BCUT2D eigenvalue weighted by molar-refractivity contribution is -0.178. The van der Waals surface area contributed by atoms with Crippen LogP contribution in [-0.4, -0.2) is 49.3 Å². The molecule has 1 saturated heterocycles. The van der Waals surface area contributed by atoms with Crippen LogP contribution in [0.15, 0.2) is 30.5 Å². The summed E-state index contributed by atoms with van der Waals surface area (Å²) in [4.78, 5) is 29.2. The third kappa shape index (κ3) is 5.23. The maximum atomic E-state index is 13.6. The fourth-order valence-electron chi connectivity index (χ4n) is 3.78. The van der Waals surface area contributed by atoms with Crippen molar-refractivity contribution in [1.29, 1.82) is 5.26 Å². The lowest BCUT2D eigenvalue weighted by atomic mass is 9.92. The lowest BCUT2D eigenvalue weighted by Crippen LogP contribution is -2.54. The summed E-state index contributed by atoms with van der Waals surface area (Å²) >= 11 is 0. The summed E-state index contributed by atoms with van der Waals surface area (Å²) in [6.45, 7) is -0.111. The normalized spacial score (nSPS) is 19.0. The molecule has 1 aromatic carbocycles. The smallest absolute Gasteiger partial charge is 0.393 e. The summed E-state index contributed by atoms with van der Waals surface area (Å²) in [5, 5.41) is 12.5. The van der Waals surface area contributed by atoms with Crippen molar-refractivity contribution >= 4 is 28.5 Å². The third-order valence-corrected chi connectivity index (χ3v) is 5.27. The molecule has 1 amide bonds. The number of ether oxygens (including phenoxy) is 1. The number of aromatic nitrogens is 1. The van der Waals surface area contributed by atoms with Crippen molar-refractivity contribution in [1.82, 2.24) is 10.3 Å². The molecule has 1 N–H and O–H groups in total. The Bertz CT molecular complexity index is 1020. The largest absolute Gasteiger partial charge is 0.469 e. The average molecular weight is 434 g/mol. The van der Waals surface area contributed by atoms with Crippen molar-refractivity contribution < 1.29 is 27.5 Å². The highest BCUT2D eigenvalue weighted by Crippen LogP contribution is 2.37. The van der Waals surface area contributed by atoms with Crippen LogP contribution >= 0.6 is 0 Å². The van der Waals surface area contributed by atoms with E-state index >= 15 is 0 Å². The van der Waals surface area contributed by atoms with Crippen LogP contribution in [0.25, 0.3) is 10.9 Å². The molecule has 2 atom stereocenters. The SMILES string of the molecule is COC(=O)CCC(=O)N[C@H]1C[C@@H](C(F)(F)F)CN(c2ccc(C#N)c3ncccc23)C1. The molecule has 7 nitrogen and oxygen atoms in total. The molecule has 0 bridgehead atoms. The predicted molar refractivity (Wildman–Crippen MR) is 106 cm³/mol. The van der Waals surface area contributed by atoms with E-state index in [0.717, 1.165) is 0 Å². The van der Waals surface area contributed by atoms with Crippen molar-refractivity contribution in [2.24, 2.45) is 5.92 Å². The second-order valence-corrected chi connectivity index (χ2v) is 7.36. The van der Waals surface area contributed by atoms with Gasteiger partial charge in [0.1, 0.15) is 6.07 Å². The number of nitriles is 1. The number of nitrogens with one attached hydrogen (secondary N) is 1. The van der Waals surface area contributed by atoms with E-state index in [1.165, 1.54) is 19.4 Å². The van der Waals surface area contributed by atoms with Crippen molar-refractivity contribution in [2.75, 3.05) is 25.1 Å². The molecule has 2 aromatic rings. The molecule has 31 heavy (non-hydrogen) atoms. The molecule has 0 unspecified atom stereocenters. The first-order valence-electron chi connectivity index (χ1n) is 9.68. The lowest BCUT2D eigenvalue weighted by Gasteiger charge is -2.40. The zero-order chi connectivity index (χ0) is 22.6. The van der Waals surface area contributed by atoms with E-state index in [4.69, 9.17) is 0 Å². The van der Waals surface area contributed by atoms with Gasteiger partial charge in [0.15, 0.2) is 0 Å². The molecule has 2 heterocycles. The second kappa shape index (κ2) is 9.20. The Kier molecular flexibility index (Phi) is 6.63. The van der Waals surface area contributed by atoms with Crippen LogP contribution in [0, 0.1) is 17.2 Å². The molecule has 3 rings (SSSR count). The molecule has 0 radical (unpaired) electrons. The van der Waals surface area contributed by atoms with Crippen LogP contribution in [0.3, 0.4) is 0 Å². The minimum Gasteiger partial charge on any atom is -0.469 e. The number of esters is 1. The summed E-state index contributed by atoms with van der Waals surface area (Å²) in [7, 11) is 1.20. The van der Waals surface area contributed by atoms with Gasteiger partial charge in [-0.2, -0.15) is 18.4 Å². The predicted octanol–water partition coefficient (Wildman–Crippen LogP) is 2.93. The number of carbonyl (C=O) groups excluding carboxylic acids is 2. The van der Waals surface area contributed by atoms with Crippen molar-refractivity contribution in [3.05, 3.63) is 36.0 Å². The summed E-state index contributed by atoms with van der Waals surface area (Å²) in [5.41, 5.74) is 1.26. The summed E-state index contributed by atoms with van der Waals surface area (Å²) < 4.78 is 45.3. The molecule has 1 fully saturated rings. The topological polar surface area (TPSA) is 95.3 Å². The van der Waals surface area contributed by atoms with Gasteiger partial charge in [-0.15, -0.1) is 0 Å². The van der Waals surface area contributed by atoms with E-state index in [1.807, 2.05) is 6.07 Å². The first-order chi connectivity index (χ1) is 14.7. The fourth-order valence-corrected chi connectivity index (χ4v) is 3.78. The first kappa shape index (κ1) is 22.3. The molecule has 0 saturated carbocycles. The van der Waals surface area contributed by atoms with E-state index in [0.29, 0.717) is 22.2 Å². The molecule has 1 aliphatic heterocycles. The summed E-state index contributed by atoms with van der Waals surface area (Å²) in [6.07, 6.45) is -3.48. The van der Waals surface area contributed by atoms with Gasteiger partial charge in [0.2, 0.25) is 5.91 Å². The number of methoxy groups -OCH3 is 1. The van der Waals surface area contributed by atoms with Gasteiger partial charge in [-0.3, -0.25) is 14.6 Å². The molecule has 0 spiro atoms. The standard InChI is InChI=1S/C21H21F3N4O3/c1-31-19(30)7-6-18(29)27-15-9-14(21(22,23)24)11-28(12-15)17-5-4-13(10-25)20-16(17)3-2-8-26-20/h2-5,8,14-15H,6-7,9,11-12H2,1H3,(H,27,29)/t14-,15+/m1/s1. The monoisotopic (exact) mass is 434 g/mol. The minimum atomic E-state index is -4.44. The number of alkyl halides is 3. The maximum Gasteiger partial charge on any atom is 0.393 e. The highest BCUT2D eigenvalue weighted by Gasteiger charge is 2.45. The third-order valence-electron chi connectivity index (χ3n) is 5.27. The number of amides is 1. The van der Waals surface area contributed by atoms with Gasteiger partial charge >= 0.3 is 12.1 Å². The van der Waals surface area contributed by atoms with E-state index in [-0.39, 0.29) is 32.4 Å². The van der Waals surface area contributed by atoms with Crippen molar-refractivity contribution in [3.8, 4) is 6.07 Å². The Morgan fingerprint density at radius 3 is 2.74 bits per heavy atom. The number of carbonyl (C=O) groups is 2. The van der Waals surface area contributed by atoms with Crippen LogP contribution in [0.2, 0.25) is 0 Å². The minimum absolute atomic E-state index is 0.145. The Hall–Kier alpha value is -3.35. The fraction of sp³-hybridized carbons (Fsp3) is 0.429. The van der Waals surface area contributed by atoms with Gasteiger partial charge in [0.05, 0.1) is 30.5 Å². The number of fused-ring (bicyclic) bond motifs is 1. The maximum absolute atomic E-state index is 13.6. The Labute approximate surface area is 176 Å². The van der Waals surface area contributed by atoms with Gasteiger partial charge in [-0.05, 0) is 30.7 Å². The Morgan fingerprint density at radius 1 is 1.29 bits per heavy atom. The molecule has 1 aliphatic rings. The van der Waals surface area contributed by atoms with Crippen LogP contribution < -0.4 is 10.2 Å². The Balaban J connectivity index is 1.87. The van der Waals surface area contributed by atoms with Gasteiger partial charge in [-0.1, -0.05) is 0 Å². The van der Waals surface area contributed by atoms with E-state index < -0.39 is 30.0 Å². The molecule has 10 heteroatoms. The zero-order valence-corrected chi connectivity index (χ0v) is 16.8. The van der Waals surface area contributed by atoms with E-state index in [9.17, 15) is 28.0 Å². The second-order valence-electron chi connectivity index (χ2n) is 7.36. The number of halogens is 3. The summed E-state index contributed by atoms with van der Waals surface area (Å²) in [5.74, 6) is -2.72. The molecular formula is C21H21F3N4O3. The van der Waals surface area contributed by atoms with Gasteiger partial charge in [0.25, 0.3) is 0 Å². The van der Waals surface area contributed by atoms with E-state index in [1.54, 1.807) is 23.1 Å². The van der Waals surface area contributed by atoms with Crippen molar-refractivity contribution in [2.45, 2.75) is 31.5 Å². The molecular weight excluding hydrogens is 413 g/mol. The Morgan fingerprint density at radius 2 is 2.06 bits per heavy atom. The number of rotatable bonds is 5. The highest BCUT2D eigenvalue weighted by molar-refractivity contribution is 5.95. The molecule has 1 aromatic heterocycles. The highest BCUT2D eigenvalue weighted by atomic mass is 19.4.